The maximum Gasteiger partial charge on any atom is 0.337 e. The zero-order valence-corrected chi connectivity index (χ0v) is 21.9. The van der Waals surface area contributed by atoms with Crippen molar-refractivity contribution in [2.75, 3.05) is 26.6 Å². The van der Waals surface area contributed by atoms with Gasteiger partial charge in [0.1, 0.15) is 29.3 Å². The van der Waals surface area contributed by atoms with Crippen LogP contribution in [-0.2, 0) is 17.8 Å². The molecule has 2 N–H and O–H groups in total. The summed E-state index contributed by atoms with van der Waals surface area (Å²) in [6, 6.07) is 10.8. The SMILES string of the molecule is COC(=O)c1ccc2c(c1)C(=O)NCc1c-2c2c(NCc3ccc(OC)cc3OC)ncnc2n1C(C)C. The van der Waals surface area contributed by atoms with Crippen LogP contribution in [-0.4, -0.2) is 47.7 Å². The van der Waals surface area contributed by atoms with Gasteiger partial charge in [-0.05, 0) is 43.7 Å². The molecule has 0 spiro atoms. The smallest absolute Gasteiger partial charge is 0.337 e. The van der Waals surface area contributed by atoms with Crippen LogP contribution in [0, 0.1) is 0 Å². The molecule has 0 aliphatic carbocycles. The molecule has 0 fully saturated rings. The lowest BCUT2D eigenvalue weighted by molar-refractivity contribution is 0.0600. The van der Waals surface area contributed by atoms with Crippen molar-refractivity contribution in [3.8, 4) is 22.6 Å². The van der Waals surface area contributed by atoms with Gasteiger partial charge in [0.2, 0.25) is 0 Å². The Balaban J connectivity index is 1.69. The average Bonchev–Trinajstić information content (AvgIpc) is 3.21. The van der Waals surface area contributed by atoms with E-state index in [1.54, 1.807) is 32.4 Å². The minimum absolute atomic E-state index is 0.0680. The Morgan fingerprint density at radius 3 is 2.61 bits per heavy atom. The summed E-state index contributed by atoms with van der Waals surface area (Å²) in [5.41, 5.74) is 4.84. The van der Waals surface area contributed by atoms with Crippen LogP contribution < -0.4 is 20.1 Å². The number of anilines is 1. The lowest BCUT2D eigenvalue weighted by Gasteiger charge is -2.14. The summed E-state index contributed by atoms with van der Waals surface area (Å²) in [5, 5.41) is 7.25. The van der Waals surface area contributed by atoms with Crippen molar-refractivity contribution in [2.24, 2.45) is 0 Å². The topological polar surface area (TPSA) is 117 Å². The van der Waals surface area contributed by atoms with Crippen LogP contribution in [0.2, 0.25) is 0 Å². The Kier molecular flexibility index (Phi) is 6.62. The fourth-order valence-corrected chi connectivity index (χ4v) is 4.97. The summed E-state index contributed by atoms with van der Waals surface area (Å²) in [6.07, 6.45) is 1.54. The van der Waals surface area contributed by atoms with Crippen molar-refractivity contribution in [1.82, 2.24) is 19.9 Å². The van der Waals surface area contributed by atoms with Crippen molar-refractivity contribution < 1.29 is 23.8 Å². The average molecular weight is 516 g/mol. The van der Waals surface area contributed by atoms with Gasteiger partial charge in [-0.3, -0.25) is 4.79 Å². The van der Waals surface area contributed by atoms with Gasteiger partial charge in [0.05, 0.1) is 38.8 Å². The van der Waals surface area contributed by atoms with Gasteiger partial charge in [-0.15, -0.1) is 0 Å². The molecule has 0 atom stereocenters. The quantitative estimate of drug-likeness (QED) is 0.349. The lowest BCUT2D eigenvalue weighted by Crippen LogP contribution is -2.23. The number of ether oxygens (including phenoxy) is 3. The zero-order valence-electron chi connectivity index (χ0n) is 21.9. The highest BCUT2D eigenvalue weighted by Gasteiger charge is 2.30. The number of fused-ring (bicyclic) bond motifs is 5. The number of rotatable bonds is 7. The monoisotopic (exact) mass is 515 g/mol. The van der Waals surface area contributed by atoms with Crippen LogP contribution in [0.4, 0.5) is 5.82 Å². The van der Waals surface area contributed by atoms with Crippen LogP contribution >= 0.6 is 0 Å². The van der Waals surface area contributed by atoms with Gasteiger partial charge in [-0.2, -0.15) is 0 Å². The fourth-order valence-electron chi connectivity index (χ4n) is 4.97. The van der Waals surface area contributed by atoms with E-state index in [4.69, 9.17) is 14.2 Å². The van der Waals surface area contributed by atoms with Crippen LogP contribution in [0.15, 0.2) is 42.7 Å². The summed E-state index contributed by atoms with van der Waals surface area (Å²) in [7, 11) is 4.55. The van der Waals surface area contributed by atoms with Gasteiger partial charge in [-0.25, -0.2) is 14.8 Å². The summed E-state index contributed by atoms with van der Waals surface area (Å²) in [4.78, 5) is 34.6. The molecular weight excluding hydrogens is 486 g/mol. The Labute approximate surface area is 219 Å². The molecule has 1 aliphatic rings. The Bertz CT molecular complexity index is 1560. The van der Waals surface area contributed by atoms with Crippen molar-refractivity contribution in [3.05, 3.63) is 65.1 Å². The fraction of sp³-hybridized carbons (Fsp3) is 0.286. The number of carbonyl (C=O) groups excluding carboxylic acids is 2. The maximum absolute atomic E-state index is 13.1. The number of hydrogen-bond donors (Lipinski definition) is 2. The highest BCUT2D eigenvalue weighted by atomic mass is 16.5. The van der Waals surface area contributed by atoms with Gasteiger partial charge < -0.3 is 29.4 Å². The molecule has 0 bridgehead atoms. The van der Waals surface area contributed by atoms with Gasteiger partial charge in [0.25, 0.3) is 5.91 Å². The van der Waals surface area contributed by atoms with E-state index < -0.39 is 5.97 Å². The number of nitrogens with one attached hydrogen (secondary N) is 2. The largest absolute Gasteiger partial charge is 0.497 e. The highest BCUT2D eigenvalue weighted by molar-refractivity contribution is 6.11. The molecular formula is C28H29N5O5. The molecule has 0 radical (unpaired) electrons. The van der Waals surface area contributed by atoms with E-state index in [0.29, 0.717) is 47.1 Å². The third-order valence-corrected chi connectivity index (χ3v) is 6.71. The van der Waals surface area contributed by atoms with Gasteiger partial charge in [0.15, 0.2) is 0 Å². The first-order chi connectivity index (χ1) is 18.4. The Hall–Kier alpha value is -4.60. The van der Waals surface area contributed by atoms with E-state index in [-0.39, 0.29) is 11.9 Å². The van der Waals surface area contributed by atoms with E-state index in [2.05, 4.69) is 39.0 Å². The minimum atomic E-state index is -0.506. The Morgan fingerprint density at radius 2 is 1.89 bits per heavy atom. The molecule has 38 heavy (non-hydrogen) atoms. The number of nitrogens with zero attached hydrogens (tertiary/aromatic N) is 3. The summed E-state index contributed by atoms with van der Waals surface area (Å²) in [5.74, 6) is 1.25. The van der Waals surface area contributed by atoms with Crippen LogP contribution in [0.5, 0.6) is 11.5 Å². The predicted molar refractivity (Wildman–Crippen MR) is 143 cm³/mol. The van der Waals surface area contributed by atoms with Crippen LogP contribution in [0.25, 0.3) is 22.2 Å². The van der Waals surface area contributed by atoms with E-state index in [9.17, 15) is 9.59 Å². The summed E-state index contributed by atoms with van der Waals surface area (Å²) in [6.45, 7) is 4.89. The number of aromatic nitrogens is 3. The molecule has 1 aliphatic heterocycles. The predicted octanol–water partition coefficient (Wildman–Crippen LogP) is 4.34. The molecule has 2 aromatic carbocycles. The number of methoxy groups -OCH3 is 3. The molecule has 4 aromatic rings. The third-order valence-electron chi connectivity index (χ3n) is 6.71. The second-order valence-corrected chi connectivity index (χ2v) is 9.17. The molecule has 3 heterocycles. The van der Waals surface area contributed by atoms with Crippen LogP contribution in [0.1, 0.15) is 51.9 Å². The van der Waals surface area contributed by atoms with Crippen LogP contribution in [0.3, 0.4) is 0 Å². The molecule has 0 unspecified atom stereocenters. The molecule has 0 saturated carbocycles. The lowest BCUT2D eigenvalue weighted by atomic mass is 9.96. The first-order valence-electron chi connectivity index (χ1n) is 12.2. The number of amides is 1. The van der Waals surface area contributed by atoms with E-state index in [1.165, 1.54) is 13.4 Å². The maximum atomic E-state index is 13.1. The molecule has 0 saturated heterocycles. The summed E-state index contributed by atoms with van der Waals surface area (Å²) >= 11 is 0. The molecule has 2 aromatic heterocycles. The van der Waals surface area contributed by atoms with E-state index in [0.717, 1.165) is 27.9 Å². The second kappa shape index (κ2) is 10.0. The van der Waals surface area contributed by atoms with Gasteiger partial charge in [-0.1, -0.05) is 6.07 Å². The molecule has 196 valence electrons. The summed E-state index contributed by atoms with van der Waals surface area (Å²) < 4.78 is 17.9. The third kappa shape index (κ3) is 4.17. The number of hydrogen-bond acceptors (Lipinski definition) is 8. The van der Waals surface area contributed by atoms with Crippen molar-refractivity contribution >= 4 is 28.7 Å². The number of esters is 1. The van der Waals surface area contributed by atoms with E-state index >= 15 is 0 Å². The first kappa shape index (κ1) is 25.1. The molecule has 10 nitrogen and oxygen atoms in total. The molecule has 1 amide bonds. The molecule has 10 heteroatoms. The van der Waals surface area contributed by atoms with Gasteiger partial charge in [0, 0.05) is 41.0 Å². The number of carbonyl (C=O) groups is 2. The minimum Gasteiger partial charge on any atom is -0.497 e. The van der Waals surface area contributed by atoms with E-state index in [1.807, 2.05) is 18.2 Å². The normalized spacial score (nSPS) is 12.4. The van der Waals surface area contributed by atoms with Crippen molar-refractivity contribution in [3.63, 3.8) is 0 Å². The van der Waals surface area contributed by atoms with Crippen molar-refractivity contribution in [1.29, 1.82) is 0 Å². The molecule has 5 rings (SSSR count). The Morgan fingerprint density at radius 1 is 1.08 bits per heavy atom. The first-order valence-corrected chi connectivity index (χ1v) is 12.2. The van der Waals surface area contributed by atoms with Gasteiger partial charge >= 0.3 is 5.97 Å². The number of benzene rings is 2. The second-order valence-electron chi connectivity index (χ2n) is 9.17. The zero-order chi connectivity index (χ0) is 27.0. The highest BCUT2D eigenvalue weighted by Crippen LogP contribution is 2.42. The van der Waals surface area contributed by atoms with Crippen molar-refractivity contribution in [2.45, 2.75) is 33.0 Å². The standard InChI is InChI=1S/C28H29N5O5/c1-15(2)33-21-13-30-27(34)20-10-16(28(35)38-5)7-9-19(20)23(21)24-25(31-14-32-26(24)33)29-12-17-6-8-18(36-3)11-22(17)37-4/h6-11,14-15H,12-13H2,1-5H3,(H,30,34)(H,29,31,32).